The summed E-state index contributed by atoms with van der Waals surface area (Å²) in [5, 5.41) is 20.4. The number of rotatable bonds is 5. The fraction of sp³-hybridized carbons (Fsp3) is 0.273. The maximum atomic E-state index is 10.9. The summed E-state index contributed by atoms with van der Waals surface area (Å²) in [4.78, 5) is 25.7. The first kappa shape index (κ1) is 14.0. The quantitative estimate of drug-likeness (QED) is 0.757. The fourth-order valence-corrected chi connectivity index (χ4v) is 1.98. The van der Waals surface area contributed by atoms with Crippen LogP contribution in [0.15, 0.2) is 23.4 Å². The maximum absolute atomic E-state index is 10.9. The zero-order valence-corrected chi connectivity index (χ0v) is 10.4. The molecule has 1 aromatic rings. The van der Waals surface area contributed by atoms with Gasteiger partial charge >= 0.3 is 5.97 Å². The van der Waals surface area contributed by atoms with Gasteiger partial charge in [0, 0.05) is 18.9 Å². The summed E-state index contributed by atoms with van der Waals surface area (Å²) in [6.07, 6.45) is 1.41. The second-order valence-corrected chi connectivity index (χ2v) is 4.44. The van der Waals surface area contributed by atoms with Crippen molar-refractivity contribution in [3.63, 3.8) is 0 Å². The van der Waals surface area contributed by atoms with Crippen LogP contribution in [-0.2, 0) is 9.59 Å². The van der Waals surface area contributed by atoms with Crippen LogP contribution in [0.5, 0.6) is 0 Å². The summed E-state index contributed by atoms with van der Waals surface area (Å²) >= 11 is 1.20. The van der Waals surface area contributed by atoms with Crippen LogP contribution >= 0.6 is 11.8 Å². The van der Waals surface area contributed by atoms with Crippen LogP contribution < -0.4 is 5.32 Å². The van der Waals surface area contributed by atoms with Crippen molar-refractivity contribution in [3.8, 4) is 6.07 Å². The van der Waals surface area contributed by atoms with E-state index >= 15 is 0 Å². The summed E-state index contributed by atoms with van der Waals surface area (Å²) in [7, 11) is 0. The van der Waals surface area contributed by atoms with Gasteiger partial charge in [0.05, 0.1) is 10.6 Å². The summed E-state index contributed by atoms with van der Waals surface area (Å²) < 4.78 is 0. The summed E-state index contributed by atoms with van der Waals surface area (Å²) in [5.41, 5.74) is 0.441. The van der Waals surface area contributed by atoms with E-state index in [9.17, 15) is 9.59 Å². The summed E-state index contributed by atoms with van der Waals surface area (Å²) in [6.45, 7) is 1.26. The van der Waals surface area contributed by atoms with Gasteiger partial charge in [0.2, 0.25) is 5.91 Å². The first-order chi connectivity index (χ1) is 8.52. The van der Waals surface area contributed by atoms with Gasteiger partial charge < -0.3 is 10.4 Å². The normalized spacial score (nSPS) is 11.3. The number of amides is 1. The molecule has 0 aromatic carbocycles. The Bertz CT molecular complexity index is 481. The predicted octanol–water partition coefficient (Wildman–Crippen LogP) is 0.635. The average molecular weight is 265 g/mol. The summed E-state index contributed by atoms with van der Waals surface area (Å²) in [6, 6.07) is 4.22. The van der Waals surface area contributed by atoms with Crippen LogP contribution in [0, 0.1) is 11.3 Å². The van der Waals surface area contributed by atoms with Crippen LogP contribution in [0.4, 0.5) is 0 Å². The second kappa shape index (κ2) is 6.61. The van der Waals surface area contributed by atoms with Crippen LogP contribution in [0.2, 0.25) is 0 Å². The highest BCUT2D eigenvalue weighted by Crippen LogP contribution is 2.16. The molecule has 0 radical (unpaired) electrons. The van der Waals surface area contributed by atoms with Gasteiger partial charge in [-0.25, -0.2) is 9.78 Å². The number of nitriles is 1. The Labute approximate surface area is 108 Å². The third kappa shape index (κ3) is 4.43. The molecule has 0 saturated carbocycles. The number of thioether (sulfide) groups is 1. The maximum Gasteiger partial charge on any atom is 0.327 e. The number of pyridine rings is 1. The predicted molar refractivity (Wildman–Crippen MR) is 64.9 cm³/mol. The number of carbonyl (C=O) groups is 2. The third-order valence-electron chi connectivity index (χ3n) is 1.94. The van der Waals surface area contributed by atoms with E-state index in [2.05, 4.69) is 10.3 Å². The number of hydrogen-bond donors (Lipinski definition) is 2. The zero-order valence-electron chi connectivity index (χ0n) is 9.58. The molecule has 0 spiro atoms. The van der Waals surface area contributed by atoms with Gasteiger partial charge in [0.15, 0.2) is 0 Å². The first-order valence-electron chi connectivity index (χ1n) is 5.02. The molecule has 1 atom stereocenters. The van der Waals surface area contributed by atoms with Crippen molar-refractivity contribution >= 4 is 23.6 Å². The molecule has 0 fully saturated rings. The standard InChI is InChI=1S/C11H11N3O3S/c1-7(15)14-9(11(16)17)6-18-10-3-2-8(4-12)5-13-10/h2-3,5,9H,6H2,1H3,(H,14,15)(H,16,17). The molecule has 1 amide bonds. The van der Waals surface area contributed by atoms with E-state index in [1.54, 1.807) is 12.1 Å². The van der Waals surface area contributed by atoms with Gasteiger partial charge in [-0.15, -0.1) is 11.8 Å². The van der Waals surface area contributed by atoms with Crippen molar-refractivity contribution in [2.75, 3.05) is 5.75 Å². The highest BCUT2D eigenvalue weighted by Gasteiger charge is 2.18. The molecule has 1 aromatic heterocycles. The minimum atomic E-state index is -1.09. The Hall–Kier alpha value is -2.07. The molecule has 0 aliphatic rings. The van der Waals surface area contributed by atoms with E-state index in [4.69, 9.17) is 10.4 Å². The van der Waals surface area contributed by atoms with Crippen molar-refractivity contribution < 1.29 is 14.7 Å². The lowest BCUT2D eigenvalue weighted by molar-refractivity contribution is -0.140. The lowest BCUT2D eigenvalue weighted by Crippen LogP contribution is -2.41. The smallest absolute Gasteiger partial charge is 0.327 e. The van der Waals surface area contributed by atoms with Gasteiger partial charge in [0.1, 0.15) is 12.1 Å². The Morgan fingerprint density at radius 3 is 2.78 bits per heavy atom. The number of aliphatic carboxylic acids is 1. The molecule has 2 N–H and O–H groups in total. The van der Waals surface area contributed by atoms with E-state index < -0.39 is 17.9 Å². The van der Waals surface area contributed by atoms with E-state index in [0.717, 1.165) is 0 Å². The molecule has 0 aliphatic heterocycles. The second-order valence-electron chi connectivity index (χ2n) is 3.40. The van der Waals surface area contributed by atoms with E-state index in [1.807, 2.05) is 6.07 Å². The van der Waals surface area contributed by atoms with Crippen molar-refractivity contribution in [1.29, 1.82) is 5.26 Å². The van der Waals surface area contributed by atoms with Crippen LogP contribution in [-0.4, -0.2) is 33.8 Å². The molecular formula is C11H11N3O3S. The highest BCUT2D eigenvalue weighted by atomic mass is 32.2. The molecule has 0 aliphatic carbocycles. The van der Waals surface area contributed by atoms with Gasteiger partial charge in [-0.05, 0) is 12.1 Å². The lowest BCUT2D eigenvalue weighted by Gasteiger charge is -2.12. The largest absolute Gasteiger partial charge is 0.480 e. The number of nitrogens with zero attached hydrogens (tertiary/aromatic N) is 2. The average Bonchev–Trinajstić information content (AvgIpc) is 2.34. The van der Waals surface area contributed by atoms with Gasteiger partial charge in [-0.1, -0.05) is 0 Å². The Morgan fingerprint density at radius 1 is 1.61 bits per heavy atom. The van der Waals surface area contributed by atoms with Gasteiger partial charge in [-0.3, -0.25) is 4.79 Å². The highest BCUT2D eigenvalue weighted by molar-refractivity contribution is 7.99. The van der Waals surface area contributed by atoms with E-state index in [-0.39, 0.29) is 5.75 Å². The number of hydrogen-bond acceptors (Lipinski definition) is 5. The number of nitrogens with one attached hydrogen (secondary N) is 1. The Morgan fingerprint density at radius 2 is 2.33 bits per heavy atom. The number of aromatic nitrogens is 1. The van der Waals surface area contributed by atoms with Crippen molar-refractivity contribution in [2.24, 2.45) is 0 Å². The summed E-state index contributed by atoms with van der Waals surface area (Å²) in [5.74, 6) is -1.31. The van der Waals surface area contributed by atoms with Gasteiger partial charge in [-0.2, -0.15) is 5.26 Å². The lowest BCUT2D eigenvalue weighted by atomic mass is 10.3. The monoisotopic (exact) mass is 265 g/mol. The minimum absolute atomic E-state index is 0.174. The number of carboxylic acids is 1. The molecule has 7 heteroatoms. The fourth-order valence-electron chi connectivity index (χ4n) is 1.12. The number of carboxylic acid groups (broad SMARTS) is 1. The molecule has 18 heavy (non-hydrogen) atoms. The SMILES string of the molecule is CC(=O)NC(CSc1ccc(C#N)cn1)C(=O)O. The van der Waals surface area contributed by atoms with Crippen molar-refractivity contribution in [3.05, 3.63) is 23.9 Å². The molecule has 0 saturated heterocycles. The topological polar surface area (TPSA) is 103 Å². The minimum Gasteiger partial charge on any atom is -0.480 e. The molecular weight excluding hydrogens is 254 g/mol. The van der Waals surface area contributed by atoms with E-state index in [0.29, 0.717) is 10.6 Å². The number of carbonyl (C=O) groups excluding carboxylic acids is 1. The Kier molecular flexibility index (Phi) is 5.14. The van der Waals surface area contributed by atoms with Crippen LogP contribution in [0.25, 0.3) is 0 Å². The van der Waals surface area contributed by atoms with Crippen LogP contribution in [0.3, 0.4) is 0 Å². The van der Waals surface area contributed by atoms with Crippen molar-refractivity contribution in [1.82, 2.24) is 10.3 Å². The molecule has 6 nitrogen and oxygen atoms in total. The molecule has 94 valence electrons. The molecule has 0 bridgehead atoms. The van der Waals surface area contributed by atoms with Crippen molar-refractivity contribution in [2.45, 2.75) is 18.0 Å². The van der Waals surface area contributed by atoms with Gasteiger partial charge in [0.25, 0.3) is 0 Å². The third-order valence-corrected chi connectivity index (χ3v) is 2.98. The molecule has 1 unspecified atom stereocenters. The molecule has 1 rings (SSSR count). The van der Waals surface area contributed by atoms with Crippen LogP contribution in [0.1, 0.15) is 12.5 Å². The Balaban J connectivity index is 2.58. The first-order valence-corrected chi connectivity index (χ1v) is 6.00. The zero-order chi connectivity index (χ0) is 13.5. The van der Waals surface area contributed by atoms with E-state index in [1.165, 1.54) is 24.9 Å². The molecule has 1 heterocycles.